The summed E-state index contributed by atoms with van der Waals surface area (Å²) in [6.45, 7) is 1.73. The number of rotatable bonds is 7. The number of hydrogen-bond donors (Lipinski definition) is 1. The van der Waals surface area contributed by atoms with E-state index in [1.807, 2.05) is 31.2 Å². The number of nitrogens with zero attached hydrogens (tertiary/aromatic N) is 2. The highest BCUT2D eigenvalue weighted by molar-refractivity contribution is 6.06. The third-order valence-electron chi connectivity index (χ3n) is 6.73. The maximum Gasteiger partial charge on any atom is 0.262 e. The largest absolute Gasteiger partial charge is 0.493 e. The van der Waals surface area contributed by atoms with E-state index in [0.717, 1.165) is 22.7 Å². The Labute approximate surface area is 197 Å². The highest BCUT2D eigenvalue weighted by Crippen LogP contribution is 2.52. The molecule has 4 atom stereocenters. The van der Waals surface area contributed by atoms with Crippen molar-refractivity contribution in [3.63, 3.8) is 0 Å². The first-order valence-corrected chi connectivity index (χ1v) is 11.2. The molecule has 3 amide bonds. The number of hydrazone groups is 1. The first kappa shape index (κ1) is 21.9. The first-order chi connectivity index (χ1) is 16.5. The fraction of sp³-hybridized carbons (Fsp3) is 0.308. The van der Waals surface area contributed by atoms with Gasteiger partial charge >= 0.3 is 0 Å². The predicted octanol–water partition coefficient (Wildman–Crippen LogP) is 3.16. The second-order valence-corrected chi connectivity index (χ2v) is 8.79. The van der Waals surface area contributed by atoms with Crippen molar-refractivity contribution in [2.45, 2.75) is 13.3 Å². The van der Waals surface area contributed by atoms with Gasteiger partial charge in [-0.05, 0) is 60.6 Å². The summed E-state index contributed by atoms with van der Waals surface area (Å²) < 4.78 is 11.0. The lowest BCUT2D eigenvalue weighted by Crippen LogP contribution is -2.28. The van der Waals surface area contributed by atoms with Crippen LogP contribution in [0, 0.1) is 30.6 Å². The van der Waals surface area contributed by atoms with E-state index in [2.05, 4.69) is 22.6 Å². The smallest absolute Gasteiger partial charge is 0.262 e. The van der Waals surface area contributed by atoms with Crippen LogP contribution in [0.3, 0.4) is 0 Å². The Bertz CT molecular complexity index is 1190. The number of carbonyl (C=O) groups is 3. The second-order valence-electron chi connectivity index (χ2n) is 8.79. The van der Waals surface area contributed by atoms with Gasteiger partial charge in [-0.2, -0.15) is 10.1 Å². The number of hydrogen-bond acceptors (Lipinski definition) is 6. The molecule has 0 unspecified atom stereocenters. The molecular formula is C26H25N3O5. The SMILES string of the molecule is COc1cc(C=NN2C(=O)[C@@H]3[C@H](C2=O)[C@H]2C=C[C@H]3C2)ccc1OCC(=O)Nc1ccccc1C. The van der Waals surface area contributed by atoms with Crippen molar-refractivity contribution in [3.05, 3.63) is 65.7 Å². The maximum atomic E-state index is 12.8. The molecule has 1 heterocycles. The number of para-hydroxylation sites is 1. The topological polar surface area (TPSA) is 97.3 Å². The first-order valence-electron chi connectivity index (χ1n) is 11.2. The number of nitrogens with one attached hydrogen (secondary N) is 1. The zero-order valence-corrected chi connectivity index (χ0v) is 18.9. The van der Waals surface area contributed by atoms with E-state index in [9.17, 15) is 14.4 Å². The molecule has 2 aromatic carbocycles. The van der Waals surface area contributed by atoms with E-state index in [4.69, 9.17) is 9.47 Å². The lowest BCUT2D eigenvalue weighted by atomic mass is 9.85. The van der Waals surface area contributed by atoms with Gasteiger partial charge in [0.25, 0.3) is 17.7 Å². The standard InChI is InChI=1S/C26H25N3O5/c1-15-5-3-4-6-19(15)28-22(30)14-34-20-10-7-16(11-21(20)33-2)13-27-29-25(31)23-17-8-9-18(12-17)24(23)26(29)32/h3-11,13,17-18,23-24H,12,14H2,1-2H3,(H,28,30)/t17-,18-,23-,24+/m0/s1. The molecule has 1 saturated carbocycles. The van der Waals surface area contributed by atoms with Crippen molar-refractivity contribution in [1.29, 1.82) is 0 Å². The number of amides is 3. The van der Waals surface area contributed by atoms with Crippen molar-refractivity contribution in [2.75, 3.05) is 19.0 Å². The number of anilines is 1. The van der Waals surface area contributed by atoms with Crippen LogP contribution in [0.4, 0.5) is 5.69 Å². The van der Waals surface area contributed by atoms with Gasteiger partial charge in [-0.3, -0.25) is 14.4 Å². The molecule has 1 aliphatic heterocycles. The minimum absolute atomic E-state index is 0.145. The Balaban J connectivity index is 1.23. The van der Waals surface area contributed by atoms with E-state index in [1.165, 1.54) is 13.3 Å². The molecule has 0 aromatic heterocycles. The summed E-state index contributed by atoms with van der Waals surface area (Å²) in [4.78, 5) is 37.8. The third kappa shape index (κ3) is 3.85. The normalized spacial score (nSPS) is 24.7. The quantitative estimate of drug-likeness (QED) is 0.390. The Morgan fingerprint density at radius 1 is 1.09 bits per heavy atom. The van der Waals surface area contributed by atoms with Gasteiger partial charge in [-0.15, -0.1) is 0 Å². The molecular weight excluding hydrogens is 434 g/mol. The summed E-state index contributed by atoms with van der Waals surface area (Å²) in [7, 11) is 1.49. The van der Waals surface area contributed by atoms with E-state index >= 15 is 0 Å². The van der Waals surface area contributed by atoms with E-state index < -0.39 is 0 Å². The van der Waals surface area contributed by atoms with Crippen LogP contribution in [0.1, 0.15) is 17.5 Å². The summed E-state index contributed by atoms with van der Waals surface area (Å²) >= 11 is 0. The van der Waals surface area contributed by atoms with Crippen LogP contribution in [-0.2, 0) is 14.4 Å². The molecule has 3 aliphatic rings. The summed E-state index contributed by atoms with van der Waals surface area (Å²) in [5.74, 6) is -0.216. The average molecular weight is 460 g/mol. The van der Waals surface area contributed by atoms with Crippen LogP contribution < -0.4 is 14.8 Å². The summed E-state index contributed by atoms with van der Waals surface area (Å²) in [5, 5.41) is 8.01. The molecule has 0 radical (unpaired) electrons. The summed E-state index contributed by atoms with van der Waals surface area (Å²) in [5.41, 5.74) is 2.32. The van der Waals surface area contributed by atoms with E-state index in [1.54, 1.807) is 18.2 Å². The molecule has 8 heteroatoms. The van der Waals surface area contributed by atoms with Crippen molar-refractivity contribution in [2.24, 2.45) is 28.8 Å². The van der Waals surface area contributed by atoms with Crippen molar-refractivity contribution >= 4 is 29.6 Å². The highest BCUT2D eigenvalue weighted by atomic mass is 16.5. The molecule has 8 nitrogen and oxygen atoms in total. The Morgan fingerprint density at radius 3 is 2.47 bits per heavy atom. The third-order valence-corrected chi connectivity index (χ3v) is 6.73. The molecule has 2 aliphatic carbocycles. The number of imide groups is 1. The zero-order valence-electron chi connectivity index (χ0n) is 18.9. The number of allylic oxidation sites excluding steroid dienone is 2. The van der Waals surface area contributed by atoms with Gasteiger partial charge in [0.2, 0.25) is 0 Å². The van der Waals surface area contributed by atoms with Gasteiger partial charge in [-0.1, -0.05) is 30.4 Å². The minimum Gasteiger partial charge on any atom is -0.493 e. The Kier molecular flexibility index (Phi) is 5.65. The van der Waals surface area contributed by atoms with Crippen LogP contribution in [0.15, 0.2) is 59.7 Å². The lowest BCUT2D eigenvalue weighted by Gasteiger charge is -2.13. The summed E-state index contributed by atoms with van der Waals surface area (Å²) in [6.07, 6.45) is 6.44. The van der Waals surface area contributed by atoms with E-state index in [-0.39, 0.29) is 48.0 Å². The predicted molar refractivity (Wildman–Crippen MR) is 125 cm³/mol. The van der Waals surface area contributed by atoms with Gasteiger partial charge in [-0.25, -0.2) is 0 Å². The van der Waals surface area contributed by atoms with Crippen LogP contribution in [-0.4, -0.2) is 42.7 Å². The molecule has 1 N–H and O–H groups in total. The van der Waals surface area contributed by atoms with Gasteiger partial charge in [0.15, 0.2) is 18.1 Å². The molecule has 2 aromatic rings. The number of ether oxygens (including phenoxy) is 2. The highest BCUT2D eigenvalue weighted by Gasteiger charge is 2.59. The van der Waals surface area contributed by atoms with Crippen molar-refractivity contribution in [1.82, 2.24) is 5.01 Å². The number of fused-ring (bicyclic) bond motifs is 5. The fourth-order valence-electron chi connectivity index (χ4n) is 5.05. The number of benzene rings is 2. The average Bonchev–Trinajstić information content (AvgIpc) is 3.52. The van der Waals surface area contributed by atoms with Crippen LogP contribution in [0.2, 0.25) is 0 Å². The molecule has 2 bridgehead atoms. The molecule has 0 spiro atoms. The van der Waals surface area contributed by atoms with Gasteiger partial charge < -0.3 is 14.8 Å². The fourth-order valence-corrected chi connectivity index (χ4v) is 5.05. The number of methoxy groups -OCH3 is 1. The van der Waals surface area contributed by atoms with Gasteiger partial charge in [0.1, 0.15) is 0 Å². The van der Waals surface area contributed by atoms with E-state index in [0.29, 0.717) is 17.1 Å². The van der Waals surface area contributed by atoms with Crippen LogP contribution in [0.25, 0.3) is 0 Å². The summed E-state index contributed by atoms with van der Waals surface area (Å²) in [6, 6.07) is 12.5. The number of carbonyl (C=O) groups excluding carboxylic acids is 3. The lowest BCUT2D eigenvalue weighted by molar-refractivity contribution is -0.140. The van der Waals surface area contributed by atoms with Gasteiger partial charge in [0, 0.05) is 5.69 Å². The minimum atomic E-state index is -0.290. The van der Waals surface area contributed by atoms with Gasteiger partial charge in [0.05, 0.1) is 25.2 Å². The second kappa shape index (κ2) is 8.78. The number of aryl methyl sites for hydroxylation is 1. The monoisotopic (exact) mass is 459 g/mol. The van der Waals surface area contributed by atoms with Crippen LogP contribution in [0.5, 0.6) is 11.5 Å². The molecule has 34 heavy (non-hydrogen) atoms. The Hall–Kier alpha value is -3.94. The van der Waals surface area contributed by atoms with Crippen LogP contribution >= 0.6 is 0 Å². The molecule has 174 valence electrons. The van der Waals surface area contributed by atoms with Crippen molar-refractivity contribution < 1.29 is 23.9 Å². The maximum absolute atomic E-state index is 12.8. The Morgan fingerprint density at radius 2 is 1.79 bits per heavy atom. The van der Waals surface area contributed by atoms with Crippen molar-refractivity contribution in [3.8, 4) is 11.5 Å². The molecule has 5 rings (SSSR count). The molecule has 2 fully saturated rings. The zero-order chi connectivity index (χ0) is 23.8. The molecule has 1 saturated heterocycles.